The van der Waals surface area contributed by atoms with Crippen LogP contribution in [0.2, 0.25) is 0 Å². The van der Waals surface area contributed by atoms with Crippen LogP contribution in [0.15, 0.2) is 48.5 Å². The predicted molar refractivity (Wildman–Crippen MR) is 128 cm³/mol. The summed E-state index contributed by atoms with van der Waals surface area (Å²) in [5.41, 5.74) is 0.432. The van der Waals surface area contributed by atoms with E-state index in [0.717, 1.165) is 9.13 Å². The minimum atomic E-state index is -0.549. The zero-order valence-corrected chi connectivity index (χ0v) is 20.6. The van der Waals surface area contributed by atoms with Gasteiger partial charge >= 0.3 is 6.09 Å². The summed E-state index contributed by atoms with van der Waals surface area (Å²) in [6.45, 7) is 9.36. The molecule has 2 aromatic rings. The number of para-hydroxylation sites is 2. The fraction of sp³-hybridized carbons (Fsp3) is 0.458. The third-order valence-electron chi connectivity index (χ3n) is 4.66. The Labute approximate surface area is 197 Å². The minimum absolute atomic E-state index is 0.336. The molecular weight excluding hydrogens is 509 g/mol. The SMILES string of the molecule is CCOc1ccccc1O[C@@H](c1cccc(I)c1)C1CN(C(=O)OC(C)(C)C)CCO1. The highest BCUT2D eigenvalue weighted by molar-refractivity contribution is 14.1. The average molecular weight is 539 g/mol. The number of amides is 1. The van der Waals surface area contributed by atoms with Gasteiger partial charge in [0.1, 0.15) is 11.7 Å². The lowest BCUT2D eigenvalue weighted by Crippen LogP contribution is -2.50. The molecule has 0 N–H and O–H groups in total. The summed E-state index contributed by atoms with van der Waals surface area (Å²) in [6.07, 6.45) is -1.10. The molecule has 1 saturated heterocycles. The Morgan fingerprint density at radius 3 is 2.61 bits per heavy atom. The standard InChI is InChI=1S/C24H30INO5/c1-5-28-19-11-6-7-12-20(19)30-22(17-9-8-10-18(25)15-17)21-16-26(13-14-29-21)23(27)31-24(2,3)4/h6-12,15,21-22H,5,13-14,16H2,1-4H3/t21?,22-/m0/s1. The Morgan fingerprint density at radius 2 is 1.94 bits per heavy atom. The molecule has 1 aliphatic heterocycles. The Kier molecular flexibility index (Phi) is 8.05. The van der Waals surface area contributed by atoms with Gasteiger partial charge in [0.25, 0.3) is 0 Å². The van der Waals surface area contributed by atoms with Gasteiger partial charge in [-0.1, -0.05) is 24.3 Å². The number of carbonyl (C=O) groups excluding carboxylic acids is 1. The van der Waals surface area contributed by atoms with E-state index < -0.39 is 11.7 Å². The van der Waals surface area contributed by atoms with Crippen molar-refractivity contribution in [3.63, 3.8) is 0 Å². The third-order valence-corrected chi connectivity index (χ3v) is 5.33. The van der Waals surface area contributed by atoms with Gasteiger partial charge in [0.2, 0.25) is 0 Å². The Morgan fingerprint density at radius 1 is 1.19 bits per heavy atom. The highest BCUT2D eigenvalue weighted by Gasteiger charge is 2.35. The molecule has 0 aliphatic carbocycles. The first kappa shape index (κ1) is 23.7. The number of ether oxygens (including phenoxy) is 4. The van der Waals surface area contributed by atoms with Gasteiger partial charge in [0, 0.05) is 10.1 Å². The smallest absolute Gasteiger partial charge is 0.410 e. The van der Waals surface area contributed by atoms with E-state index in [-0.39, 0.29) is 12.2 Å². The summed E-state index contributed by atoms with van der Waals surface area (Å²) in [6, 6.07) is 15.7. The molecule has 0 spiro atoms. The minimum Gasteiger partial charge on any atom is -0.490 e. The van der Waals surface area contributed by atoms with Crippen LogP contribution in [0.1, 0.15) is 39.4 Å². The first-order valence-corrected chi connectivity index (χ1v) is 11.6. The van der Waals surface area contributed by atoms with E-state index >= 15 is 0 Å². The summed E-state index contributed by atoms with van der Waals surface area (Å²) in [5, 5.41) is 0. The molecule has 1 aliphatic rings. The lowest BCUT2D eigenvalue weighted by atomic mass is 10.0. The van der Waals surface area contributed by atoms with Crippen molar-refractivity contribution in [2.45, 2.75) is 45.5 Å². The Hall–Kier alpha value is -2.00. The second-order valence-corrected chi connectivity index (χ2v) is 9.55. The number of carbonyl (C=O) groups is 1. The molecule has 31 heavy (non-hydrogen) atoms. The first-order valence-electron chi connectivity index (χ1n) is 10.5. The van der Waals surface area contributed by atoms with Crippen LogP contribution in [0, 0.1) is 3.57 Å². The number of benzene rings is 2. The molecule has 0 radical (unpaired) electrons. The molecule has 3 rings (SSSR count). The van der Waals surface area contributed by atoms with Crippen molar-refractivity contribution in [2.24, 2.45) is 0 Å². The highest BCUT2D eigenvalue weighted by Crippen LogP contribution is 2.35. The van der Waals surface area contributed by atoms with Gasteiger partial charge in [-0.2, -0.15) is 0 Å². The molecule has 2 aromatic carbocycles. The van der Waals surface area contributed by atoms with Crippen LogP contribution in [-0.2, 0) is 9.47 Å². The lowest BCUT2D eigenvalue weighted by molar-refractivity contribution is -0.0840. The zero-order valence-electron chi connectivity index (χ0n) is 18.5. The van der Waals surface area contributed by atoms with E-state index in [9.17, 15) is 4.79 Å². The molecular formula is C24H30INO5. The van der Waals surface area contributed by atoms with Crippen molar-refractivity contribution in [2.75, 3.05) is 26.3 Å². The van der Waals surface area contributed by atoms with E-state index in [4.69, 9.17) is 18.9 Å². The highest BCUT2D eigenvalue weighted by atomic mass is 127. The predicted octanol–water partition coefficient (Wildman–Crippen LogP) is 5.45. The number of nitrogens with zero attached hydrogens (tertiary/aromatic N) is 1. The lowest BCUT2D eigenvalue weighted by Gasteiger charge is -2.37. The molecule has 6 nitrogen and oxygen atoms in total. The molecule has 0 saturated carbocycles. The molecule has 0 aromatic heterocycles. The second-order valence-electron chi connectivity index (χ2n) is 8.31. The van der Waals surface area contributed by atoms with E-state index in [1.54, 1.807) is 4.90 Å². The van der Waals surface area contributed by atoms with Crippen molar-refractivity contribution >= 4 is 28.7 Å². The second kappa shape index (κ2) is 10.5. The summed E-state index contributed by atoms with van der Waals surface area (Å²) in [4.78, 5) is 14.3. The fourth-order valence-corrected chi connectivity index (χ4v) is 3.92. The Balaban J connectivity index is 1.87. The summed E-state index contributed by atoms with van der Waals surface area (Å²) >= 11 is 2.28. The summed E-state index contributed by atoms with van der Waals surface area (Å²) in [5.74, 6) is 1.33. The van der Waals surface area contributed by atoms with Crippen LogP contribution in [0.4, 0.5) is 4.79 Å². The maximum absolute atomic E-state index is 12.7. The molecule has 168 valence electrons. The van der Waals surface area contributed by atoms with Crippen molar-refractivity contribution in [3.8, 4) is 11.5 Å². The normalized spacial score (nSPS) is 17.7. The van der Waals surface area contributed by atoms with E-state index in [1.807, 2.05) is 70.2 Å². The van der Waals surface area contributed by atoms with Crippen molar-refractivity contribution in [3.05, 3.63) is 57.7 Å². The van der Waals surface area contributed by atoms with Gasteiger partial charge in [-0.3, -0.25) is 0 Å². The average Bonchev–Trinajstić information content (AvgIpc) is 2.72. The van der Waals surface area contributed by atoms with Crippen LogP contribution in [0.25, 0.3) is 0 Å². The zero-order chi connectivity index (χ0) is 22.4. The van der Waals surface area contributed by atoms with Gasteiger partial charge in [-0.25, -0.2) is 4.79 Å². The molecule has 1 heterocycles. The largest absolute Gasteiger partial charge is 0.490 e. The van der Waals surface area contributed by atoms with Gasteiger partial charge in [0.05, 0.1) is 19.8 Å². The van der Waals surface area contributed by atoms with Crippen LogP contribution in [-0.4, -0.2) is 49.0 Å². The summed E-state index contributed by atoms with van der Waals surface area (Å²) < 4.78 is 25.0. The number of hydrogen-bond acceptors (Lipinski definition) is 5. The topological polar surface area (TPSA) is 57.2 Å². The van der Waals surface area contributed by atoms with E-state index in [1.165, 1.54) is 0 Å². The molecule has 1 fully saturated rings. The van der Waals surface area contributed by atoms with Crippen molar-refractivity contribution < 1.29 is 23.7 Å². The van der Waals surface area contributed by atoms with Gasteiger partial charge in [0.15, 0.2) is 17.6 Å². The number of halogens is 1. The quantitative estimate of drug-likeness (QED) is 0.458. The van der Waals surface area contributed by atoms with Crippen LogP contribution in [0.5, 0.6) is 11.5 Å². The number of morpholine rings is 1. The van der Waals surface area contributed by atoms with Crippen LogP contribution >= 0.6 is 22.6 Å². The van der Waals surface area contributed by atoms with Crippen LogP contribution < -0.4 is 9.47 Å². The molecule has 7 heteroatoms. The molecule has 2 atom stereocenters. The van der Waals surface area contributed by atoms with Crippen LogP contribution in [0.3, 0.4) is 0 Å². The fourth-order valence-electron chi connectivity index (χ4n) is 3.35. The molecule has 0 bridgehead atoms. The third kappa shape index (κ3) is 6.74. The number of hydrogen-bond donors (Lipinski definition) is 0. The number of rotatable bonds is 6. The van der Waals surface area contributed by atoms with Gasteiger partial charge < -0.3 is 23.8 Å². The molecule has 1 amide bonds. The maximum atomic E-state index is 12.7. The molecule has 1 unspecified atom stereocenters. The van der Waals surface area contributed by atoms with E-state index in [2.05, 4.69) is 28.7 Å². The first-order chi connectivity index (χ1) is 14.8. The van der Waals surface area contributed by atoms with Gasteiger partial charge in [-0.15, -0.1) is 0 Å². The van der Waals surface area contributed by atoms with Crippen molar-refractivity contribution in [1.29, 1.82) is 0 Å². The van der Waals surface area contributed by atoms with Gasteiger partial charge in [-0.05, 0) is 80.1 Å². The summed E-state index contributed by atoms with van der Waals surface area (Å²) in [7, 11) is 0. The Bertz CT molecular complexity index is 882. The van der Waals surface area contributed by atoms with Crippen molar-refractivity contribution in [1.82, 2.24) is 4.90 Å². The van der Waals surface area contributed by atoms with E-state index in [0.29, 0.717) is 37.8 Å². The monoisotopic (exact) mass is 539 g/mol. The maximum Gasteiger partial charge on any atom is 0.410 e.